The largest absolute Gasteiger partial charge is 0.490 e. The first-order valence-corrected chi connectivity index (χ1v) is 7.79. The van der Waals surface area contributed by atoms with Gasteiger partial charge in [-0.3, -0.25) is 0 Å². The Morgan fingerprint density at radius 3 is 2.48 bits per heavy atom. The molecular formula is C16H18BrNO3. The highest BCUT2D eigenvalue weighted by molar-refractivity contribution is 9.10. The standard InChI is InChI=1S/C16H18BrNO3/c1-10-6-11(9-21-10)16(18-2)12-7-14-15(8-13(12)17)20-5-3-4-19-14/h6-9,16,18H,3-5H2,1-2H3. The minimum absolute atomic E-state index is 0.0361. The Morgan fingerprint density at radius 1 is 1.14 bits per heavy atom. The summed E-state index contributed by atoms with van der Waals surface area (Å²) in [4.78, 5) is 0. The summed E-state index contributed by atoms with van der Waals surface area (Å²) in [5, 5.41) is 3.32. The van der Waals surface area contributed by atoms with Crippen LogP contribution >= 0.6 is 15.9 Å². The third-order valence-corrected chi connectivity index (χ3v) is 4.24. The molecule has 1 aromatic carbocycles. The zero-order valence-corrected chi connectivity index (χ0v) is 13.7. The molecule has 3 rings (SSSR count). The van der Waals surface area contributed by atoms with Gasteiger partial charge in [-0.15, -0.1) is 0 Å². The van der Waals surface area contributed by atoms with Crippen LogP contribution in [0.15, 0.2) is 33.4 Å². The lowest BCUT2D eigenvalue weighted by Crippen LogP contribution is -2.17. The fourth-order valence-corrected chi connectivity index (χ4v) is 3.09. The van der Waals surface area contributed by atoms with Crippen LogP contribution < -0.4 is 14.8 Å². The second-order valence-corrected chi connectivity index (χ2v) is 5.94. The first-order valence-electron chi connectivity index (χ1n) is 7.00. The molecule has 0 bridgehead atoms. The molecule has 0 amide bonds. The summed E-state index contributed by atoms with van der Waals surface area (Å²) in [7, 11) is 1.93. The monoisotopic (exact) mass is 351 g/mol. The molecule has 1 atom stereocenters. The molecule has 1 aliphatic heterocycles. The van der Waals surface area contributed by atoms with E-state index < -0.39 is 0 Å². The number of nitrogens with one attached hydrogen (secondary N) is 1. The molecule has 0 saturated heterocycles. The van der Waals surface area contributed by atoms with Crippen molar-refractivity contribution in [2.24, 2.45) is 0 Å². The highest BCUT2D eigenvalue weighted by Crippen LogP contribution is 2.39. The van der Waals surface area contributed by atoms with E-state index >= 15 is 0 Å². The van der Waals surface area contributed by atoms with E-state index in [0.29, 0.717) is 13.2 Å². The average molecular weight is 352 g/mol. The summed E-state index contributed by atoms with van der Waals surface area (Å²) in [6.07, 6.45) is 2.68. The zero-order valence-electron chi connectivity index (χ0n) is 12.1. The van der Waals surface area contributed by atoms with Gasteiger partial charge in [-0.25, -0.2) is 0 Å². The number of benzene rings is 1. The van der Waals surface area contributed by atoms with E-state index in [1.165, 1.54) is 0 Å². The molecule has 0 saturated carbocycles. The number of halogens is 1. The molecule has 0 spiro atoms. The van der Waals surface area contributed by atoms with E-state index in [2.05, 4.69) is 21.2 Å². The molecule has 1 aromatic heterocycles. The Labute approximate surface area is 132 Å². The Morgan fingerprint density at radius 2 is 1.86 bits per heavy atom. The van der Waals surface area contributed by atoms with Crippen LogP contribution in [0.2, 0.25) is 0 Å². The second kappa shape index (κ2) is 6.12. The lowest BCUT2D eigenvalue weighted by atomic mass is 10.0. The van der Waals surface area contributed by atoms with Gasteiger partial charge in [-0.05, 0) is 37.7 Å². The van der Waals surface area contributed by atoms with Gasteiger partial charge >= 0.3 is 0 Å². The maximum atomic E-state index is 5.78. The minimum Gasteiger partial charge on any atom is -0.490 e. The summed E-state index contributed by atoms with van der Waals surface area (Å²) in [5.41, 5.74) is 2.19. The van der Waals surface area contributed by atoms with Crippen molar-refractivity contribution in [1.82, 2.24) is 5.32 Å². The molecule has 1 N–H and O–H groups in total. The fourth-order valence-electron chi connectivity index (χ4n) is 2.54. The topological polar surface area (TPSA) is 43.6 Å². The van der Waals surface area contributed by atoms with Gasteiger partial charge < -0.3 is 19.2 Å². The molecule has 4 nitrogen and oxygen atoms in total. The smallest absolute Gasteiger partial charge is 0.162 e. The highest BCUT2D eigenvalue weighted by Gasteiger charge is 2.21. The van der Waals surface area contributed by atoms with Gasteiger partial charge in [0.2, 0.25) is 0 Å². The second-order valence-electron chi connectivity index (χ2n) is 5.08. The van der Waals surface area contributed by atoms with Gasteiger partial charge in [0.1, 0.15) is 5.76 Å². The number of hydrogen-bond donors (Lipinski definition) is 1. The summed E-state index contributed by atoms with van der Waals surface area (Å²) in [6, 6.07) is 6.09. The lowest BCUT2D eigenvalue weighted by molar-refractivity contribution is 0.297. The van der Waals surface area contributed by atoms with Crippen LogP contribution in [0.5, 0.6) is 11.5 Å². The molecule has 1 aliphatic rings. The normalized spacial score (nSPS) is 15.6. The molecular weight excluding hydrogens is 334 g/mol. The Kier molecular flexibility index (Phi) is 4.22. The Hall–Kier alpha value is -1.46. The molecule has 0 aliphatic carbocycles. The quantitative estimate of drug-likeness (QED) is 0.912. The van der Waals surface area contributed by atoms with Gasteiger partial charge in [0, 0.05) is 16.5 Å². The van der Waals surface area contributed by atoms with Crippen LogP contribution in [0.1, 0.15) is 29.3 Å². The third kappa shape index (κ3) is 2.94. The van der Waals surface area contributed by atoms with Crippen LogP contribution in [-0.2, 0) is 0 Å². The van der Waals surface area contributed by atoms with E-state index in [1.807, 2.05) is 32.2 Å². The minimum atomic E-state index is 0.0361. The number of furan rings is 1. The van der Waals surface area contributed by atoms with E-state index in [-0.39, 0.29) is 6.04 Å². The van der Waals surface area contributed by atoms with Gasteiger partial charge in [-0.2, -0.15) is 0 Å². The van der Waals surface area contributed by atoms with Crippen molar-refractivity contribution in [3.05, 3.63) is 45.8 Å². The molecule has 0 radical (unpaired) electrons. The number of aryl methyl sites for hydroxylation is 1. The number of rotatable bonds is 3. The predicted molar refractivity (Wildman–Crippen MR) is 84.1 cm³/mol. The molecule has 21 heavy (non-hydrogen) atoms. The lowest BCUT2D eigenvalue weighted by Gasteiger charge is -2.19. The van der Waals surface area contributed by atoms with Crippen molar-refractivity contribution in [2.45, 2.75) is 19.4 Å². The van der Waals surface area contributed by atoms with Gasteiger partial charge in [0.05, 0.1) is 25.5 Å². The first-order chi connectivity index (χ1) is 10.2. The molecule has 1 unspecified atom stereocenters. The van der Waals surface area contributed by atoms with Gasteiger partial charge in [-0.1, -0.05) is 15.9 Å². The summed E-state index contributed by atoms with van der Waals surface area (Å²) in [6.45, 7) is 3.32. The van der Waals surface area contributed by atoms with Crippen molar-refractivity contribution < 1.29 is 13.9 Å². The van der Waals surface area contributed by atoms with Crippen molar-refractivity contribution in [3.8, 4) is 11.5 Å². The third-order valence-electron chi connectivity index (χ3n) is 3.55. The highest BCUT2D eigenvalue weighted by atomic mass is 79.9. The Balaban J connectivity index is 2.02. The van der Waals surface area contributed by atoms with Crippen molar-refractivity contribution in [1.29, 1.82) is 0 Å². The average Bonchev–Trinajstić information content (AvgIpc) is 2.76. The van der Waals surface area contributed by atoms with Crippen molar-refractivity contribution in [2.75, 3.05) is 20.3 Å². The SMILES string of the molecule is CNC(c1coc(C)c1)c1cc2c(cc1Br)OCCCO2. The van der Waals surface area contributed by atoms with Crippen molar-refractivity contribution >= 4 is 15.9 Å². The summed E-state index contributed by atoms with van der Waals surface area (Å²) < 4.78 is 17.9. The predicted octanol–water partition coefficient (Wildman–Crippen LogP) is 3.82. The van der Waals surface area contributed by atoms with Crippen LogP contribution in [0, 0.1) is 6.92 Å². The van der Waals surface area contributed by atoms with E-state index in [9.17, 15) is 0 Å². The number of hydrogen-bond acceptors (Lipinski definition) is 4. The van der Waals surface area contributed by atoms with E-state index in [4.69, 9.17) is 13.9 Å². The van der Waals surface area contributed by atoms with Gasteiger partial charge in [0.25, 0.3) is 0 Å². The van der Waals surface area contributed by atoms with E-state index in [1.54, 1.807) is 6.26 Å². The number of ether oxygens (including phenoxy) is 2. The molecule has 2 heterocycles. The van der Waals surface area contributed by atoms with Crippen LogP contribution in [0.4, 0.5) is 0 Å². The van der Waals surface area contributed by atoms with Gasteiger partial charge in [0.15, 0.2) is 11.5 Å². The molecule has 112 valence electrons. The maximum Gasteiger partial charge on any atom is 0.162 e. The molecule has 2 aromatic rings. The Bertz CT molecular complexity index is 638. The van der Waals surface area contributed by atoms with Crippen molar-refractivity contribution in [3.63, 3.8) is 0 Å². The fraction of sp³-hybridized carbons (Fsp3) is 0.375. The van der Waals surface area contributed by atoms with Crippen LogP contribution in [-0.4, -0.2) is 20.3 Å². The van der Waals surface area contributed by atoms with Crippen LogP contribution in [0.25, 0.3) is 0 Å². The van der Waals surface area contributed by atoms with E-state index in [0.717, 1.165) is 39.3 Å². The summed E-state index contributed by atoms with van der Waals surface area (Å²) in [5.74, 6) is 2.49. The summed E-state index contributed by atoms with van der Waals surface area (Å²) >= 11 is 3.64. The zero-order chi connectivity index (χ0) is 14.8. The molecule has 0 fully saturated rings. The van der Waals surface area contributed by atoms with Crippen LogP contribution in [0.3, 0.4) is 0 Å². The number of fused-ring (bicyclic) bond motifs is 1. The first kappa shape index (κ1) is 14.5. The maximum absolute atomic E-state index is 5.78. The molecule has 5 heteroatoms.